The van der Waals surface area contributed by atoms with Gasteiger partial charge in [-0.2, -0.15) is 0 Å². The summed E-state index contributed by atoms with van der Waals surface area (Å²) in [5.74, 6) is -0.0774. The number of benzene rings is 1. The van der Waals surface area contributed by atoms with Crippen molar-refractivity contribution in [3.63, 3.8) is 0 Å². The van der Waals surface area contributed by atoms with Crippen LogP contribution in [0.4, 0.5) is 4.39 Å². The average Bonchev–Trinajstić information content (AvgIpc) is 2.57. The number of ether oxygens (including phenoxy) is 1. The number of carbonyl (C=O) groups excluding carboxylic acids is 1. The number of likely N-dealkylation sites (tertiary alicyclic amines) is 1. The van der Waals surface area contributed by atoms with Crippen LogP contribution >= 0.6 is 0 Å². The summed E-state index contributed by atoms with van der Waals surface area (Å²) in [7, 11) is 0. The van der Waals surface area contributed by atoms with E-state index < -0.39 is 5.60 Å². The third kappa shape index (κ3) is 4.04. The van der Waals surface area contributed by atoms with Gasteiger partial charge in [-0.1, -0.05) is 12.1 Å². The fraction of sp³-hybridized carbons (Fsp3) is 0.650. The largest absolute Gasteiger partial charge is 0.357 e. The molecule has 1 aromatic carbocycles. The van der Waals surface area contributed by atoms with Crippen LogP contribution in [0.5, 0.6) is 0 Å². The van der Waals surface area contributed by atoms with Gasteiger partial charge in [0.2, 0.25) is 0 Å². The highest BCUT2D eigenvalue weighted by Gasteiger charge is 2.49. The minimum Gasteiger partial charge on any atom is -0.357 e. The molecule has 2 saturated heterocycles. The minimum absolute atomic E-state index is 0.0918. The lowest BCUT2D eigenvalue weighted by Crippen LogP contribution is -2.65. The Labute approximate surface area is 149 Å². The van der Waals surface area contributed by atoms with Gasteiger partial charge in [-0.15, -0.1) is 0 Å². The maximum atomic E-state index is 13.3. The smallest absolute Gasteiger partial charge is 0.254 e. The van der Waals surface area contributed by atoms with Crippen LogP contribution in [0.25, 0.3) is 0 Å². The van der Waals surface area contributed by atoms with Crippen molar-refractivity contribution in [3.05, 3.63) is 35.6 Å². The second kappa shape index (κ2) is 7.04. The molecule has 1 spiro atoms. The van der Waals surface area contributed by atoms with E-state index in [2.05, 4.69) is 4.90 Å². The summed E-state index contributed by atoms with van der Waals surface area (Å²) in [4.78, 5) is 16.8. The van der Waals surface area contributed by atoms with Gasteiger partial charge in [-0.25, -0.2) is 4.39 Å². The number of amides is 1. The van der Waals surface area contributed by atoms with Crippen LogP contribution in [0.1, 0.15) is 39.2 Å². The lowest BCUT2D eigenvalue weighted by molar-refractivity contribution is -0.216. The Morgan fingerprint density at radius 3 is 2.60 bits per heavy atom. The number of halogens is 1. The molecule has 5 heteroatoms. The van der Waals surface area contributed by atoms with Crippen molar-refractivity contribution in [2.75, 3.05) is 32.7 Å². The molecule has 2 heterocycles. The highest BCUT2D eigenvalue weighted by atomic mass is 19.1. The van der Waals surface area contributed by atoms with Crippen LogP contribution in [-0.4, -0.2) is 59.6 Å². The zero-order valence-electron chi connectivity index (χ0n) is 15.6. The zero-order chi connectivity index (χ0) is 18.1. The van der Waals surface area contributed by atoms with Gasteiger partial charge in [0, 0.05) is 32.7 Å². The Bertz CT molecular complexity index is 624. The van der Waals surface area contributed by atoms with Gasteiger partial charge < -0.3 is 14.5 Å². The van der Waals surface area contributed by atoms with Crippen LogP contribution in [-0.2, 0) is 16.0 Å². The Morgan fingerprint density at radius 2 is 1.96 bits per heavy atom. The number of piperidine rings is 1. The summed E-state index contributed by atoms with van der Waals surface area (Å²) >= 11 is 0. The number of likely N-dealkylation sites (N-methyl/N-ethyl adjacent to an activating group) is 1. The summed E-state index contributed by atoms with van der Waals surface area (Å²) in [6.07, 6.45) is 2.73. The van der Waals surface area contributed by atoms with E-state index in [1.165, 1.54) is 6.07 Å². The van der Waals surface area contributed by atoms with Gasteiger partial charge in [0.25, 0.3) is 5.91 Å². The van der Waals surface area contributed by atoms with E-state index in [0.29, 0.717) is 6.54 Å². The summed E-state index contributed by atoms with van der Waals surface area (Å²) in [5.41, 5.74) is 0.0823. The lowest BCUT2D eigenvalue weighted by atomic mass is 9.86. The van der Waals surface area contributed by atoms with Crippen molar-refractivity contribution in [1.82, 2.24) is 9.80 Å². The molecule has 0 N–H and O–H groups in total. The number of hydrogen-bond acceptors (Lipinski definition) is 3. The highest BCUT2D eigenvalue weighted by Crippen LogP contribution is 2.37. The van der Waals surface area contributed by atoms with Crippen LogP contribution in [0, 0.1) is 5.82 Å². The number of nitrogens with zero attached hydrogens (tertiary/aromatic N) is 2. The van der Waals surface area contributed by atoms with Crippen LogP contribution in [0.3, 0.4) is 0 Å². The molecule has 0 aliphatic carbocycles. The molecule has 0 bridgehead atoms. The molecular weight excluding hydrogens is 319 g/mol. The molecule has 25 heavy (non-hydrogen) atoms. The van der Waals surface area contributed by atoms with E-state index >= 15 is 0 Å². The average molecular weight is 348 g/mol. The molecule has 0 radical (unpaired) electrons. The maximum Gasteiger partial charge on any atom is 0.254 e. The molecular formula is C20H29FN2O2. The fourth-order valence-electron chi connectivity index (χ4n) is 4.10. The number of carbonyl (C=O) groups is 1. The van der Waals surface area contributed by atoms with E-state index in [1.54, 1.807) is 12.1 Å². The summed E-state index contributed by atoms with van der Waals surface area (Å²) < 4.78 is 19.6. The first kappa shape index (κ1) is 18.3. The quantitative estimate of drug-likeness (QED) is 0.839. The van der Waals surface area contributed by atoms with Crippen molar-refractivity contribution in [3.8, 4) is 0 Å². The van der Waals surface area contributed by atoms with Crippen molar-refractivity contribution in [1.29, 1.82) is 0 Å². The van der Waals surface area contributed by atoms with E-state index in [-0.39, 0.29) is 17.3 Å². The third-order valence-electron chi connectivity index (χ3n) is 5.51. The van der Waals surface area contributed by atoms with Gasteiger partial charge in [0.1, 0.15) is 11.4 Å². The molecule has 2 aliphatic rings. The predicted octanol–water partition coefficient (Wildman–Crippen LogP) is 2.86. The van der Waals surface area contributed by atoms with E-state index in [0.717, 1.165) is 51.0 Å². The van der Waals surface area contributed by atoms with Crippen LogP contribution in [0.2, 0.25) is 0 Å². The molecule has 4 nitrogen and oxygen atoms in total. The van der Waals surface area contributed by atoms with Crippen molar-refractivity contribution >= 4 is 5.91 Å². The normalized spacial score (nSPS) is 23.2. The number of morpholine rings is 1. The Morgan fingerprint density at radius 1 is 1.24 bits per heavy atom. The van der Waals surface area contributed by atoms with E-state index in [9.17, 15) is 9.18 Å². The third-order valence-corrected chi connectivity index (χ3v) is 5.51. The first-order valence-electron chi connectivity index (χ1n) is 9.30. The van der Waals surface area contributed by atoms with Gasteiger partial charge in [-0.3, -0.25) is 4.79 Å². The standard InChI is InChI=1S/C20H29FN2O2/c1-4-23-15-20(25-19(2,3)18(23)24)9-12-22(13-10-20)11-8-16-6-5-7-17(21)14-16/h5-7,14H,4,8-13,15H2,1-3H3. The molecule has 0 atom stereocenters. The van der Waals surface area contributed by atoms with Crippen molar-refractivity contribution in [2.45, 2.75) is 51.2 Å². The SMILES string of the molecule is CCN1CC2(CCN(CCc3cccc(F)c3)CC2)OC(C)(C)C1=O. The first-order chi connectivity index (χ1) is 11.8. The Balaban J connectivity index is 1.56. The molecule has 3 rings (SSSR count). The van der Waals surface area contributed by atoms with Crippen molar-refractivity contribution in [2.24, 2.45) is 0 Å². The Kier molecular flexibility index (Phi) is 5.16. The van der Waals surface area contributed by atoms with E-state index in [1.807, 2.05) is 31.7 Å². The molecule has 0 saturated carbocycles. The monoisotopic (exact) mass is 348 g/mol. The summed E-state index contributed by atoms with van der Waals surface area (Å²) in [6.45, 7) is 10.1. The van der Waals surface area contributed by atoms with Crippen molar-refractivity contribution < 1.29 is 13.9 Å². The van der Waals surface area contributed by atoms with Gasteiger partial charge in [0.05, 0.1) is 5.60 Å². The molecule has 138 valence electrons. The zero-order valence-corrected chi connectivity index (χ0v) is 15.6. The molecule has 1 amide bonds. The maximum absolute atomic E-state index is 13.3. The first-order valence-corrected chi connectivity index (χ1v) is 9.30. The topological polar surface area (TPSA) is 32.8 Å². The fourth-order valence-corrected chi connectivity index (χ4v) is 4.10. The molecule has 2 fully saturated rings. The lowest BCUT2D eigenvalue weighted by Gasteiger charge is -2.52. The molecule has 2 aliphatic heterocycles. The predicted molar refractivity (Wildman–Crippen MR) is 95.9 cm³/mol. The highest BCUT2D eigenvalue weighted by molar-refractivity contribution is 5.85. The van der Waals surface area contributed by atoms with Crippen LogP contribution < -0.4 is 0 Å². The number of rotatable bonds is 4. The summed E-state index contributed by atoms with van der Waals surface area (Å²) in [6, 6.07) is 6.84. The second-order valence-corrected chi connectivity index (χ2v) is 7.84. The summed E-state index contributed by atoms with van der Waals surface area (Å²) in [5, 5.41) is 0. The minimum atomic E-state index is -0.738. The number of hydrogen-bond donors (Lipinski definition) is 0. The van der Waals surface area contributed by atoms with Gasteiger partial charge in [0.15, 0.2) is 0 Å². The van der Waals surface area contributed by atoms with Gasteiger partial charge >= 0.3 is 0 Å². The molecule has 1 aromatic rings. The van der Waals surface area contributed by atoms with Gasteiger partial charge in [-0.05, 0) is 57.7 Å². The Hall–Kier alpha value is -1.46. The molecule has 0 aromatic heterocycles. The molecule has 0 unspecified atom stereocenters. The van der Waals surface area contributed by atoms with Crippen LogP contribution in [0.15, 0.2) is 24.3 Å². The van der Waals surface area contributed by atoms with E-state index in [4.69, 9.17) is 4.74 Å². The second-order valence-electron chi connectivity index (χ2n) is 7.84.